The fraction of sp³-hybridized carbons (Fsp3) is 0.440. The molecule has 0 bridgehead atoms. The van der Waals surface area contributed by atoms with Gasteiger partial charge >= 0.3 is 0 Å². The van der Waals surface area contributed by atoms with E-state index in [0.29, 0.717) is 6.54 Å². The first-order valence-electron chi connectivity index (χ1n) is 10.8. The normalized spacial score (nSPS) is 18.8. The molecule has 2 aromatic carbocycles. The van der Waals surface area contributed by atoms with Crippen molar-refractivity contribution < 1.29 is 9.59 Å². The lowest BCUT2D eigenvalue weighted by Crippen LogP contribution is -2.41. The van der Waals surface area contributed by atoms with Crippen molar-refractivity contribution in [3.8, 4) is 0 Å². The van der Waals surface area contributed by atoms with Crippen molar-refractivity contribution in [3.05, 3.63) is 66.2 Å². The van der Waals surface area contributed by atoms with Gasteiger partial charge < -0.3 is 9.80 Å². The maximum atomic E-state index is 13.5. The summed E-state index contributed by atoms with van der Waals surface area (Å²) in [6, 6.07) is 20.0. The number of hydrogen-bond donors (Lipinski definition) is 0. The monoisotopic (exact) mass is 392 g/mol. The highest BCUT2D eigenvalue weighted by Crippen LogP contribution is 2.33. The summed E-state index contributed by atoms with van der Waals surface area (Å²) in [7, 11) is 0. The van der Waals surface area contributed by atoms with Crippen LogP contribution in [-0.4, -0.2) is 29.8 Å². The molecule has 0 aromatic heterocycles. The van der Waals surface area contributed by atoms with E-state index in [1.165, 1.54) is 0 Å². The molecule has 3 rings (SSSR count). The van der Waals surface area contributed by atoms with Gasteiger partial charge in [-0.25, -0.2) is 0 Å². The second-order valence-electron chi connectivity index (χ2n) is 7.80. The van der Waals surface area contributed by atoms with Crippen molar-refractivity contribution in [1.29, 1.82) is 0 Å². The van der Waals surface area contributed by atoms with Gasteiger partial charge in [0.25, 0.3) is 0 Å². The van der Waals surface area contributed by atoms with E-state index in [0.717, 1.165) is 50.0 Å². The molecule has 0 N–H and O–H groups in total. The number of para-hydroxylation sites is 1. The molecule has 0 aliphatic heterocycles. The van der Waals surface area contributed by atoms with Crippen LogP contribution in [0.3, 0.4) is 0 Å². The average Bonchev–Trinajstić information content (AvgIpc) is 2.79. The Balaban J connectivity index is 1.70. The van der Waals surface area contributed by atoms with Gasteiger partial charge in [0.15, 0.2) is 0 Å². The third kappa shape index (κ3) is 5.26. The lowest BCUT2D eigenvalue weighted by Gasteiger charge is -2.33. The highest BCUT2D eigenvalue weighted by atomic mass is 16.2. The smallest absolute Gasteiger partial charge is 0.230 e. The zero-order valence-electron chi connectivity index (χ0n) is 17.6. The number of carbonyl (C=O) groups is 2. The van der Waals surface area contributed by atoms with E-state index in [1.807, 2.05) is 72.2 Å². The van der Waals surface area contributed by atoms with Crippen LogP contribution >= 0.6 is 0 Å². The van der Waals surface area contributed by atoms with Crippen molar-refractivity contribution in [3.63, 3.8) is 0 Å². The summed E-state index contributed by atoms with van der Waals surface area (Å²) >= 11 is 0. The summed E-state index contributed by atoms with van der Waals surface area (Å²) in [5.41, 5.74) is 2.05. The predicted molar refractivity (Wildman–Crippen MR) is 117 cm³/mol. The molecule has 2 aromatic rings. The third-order valence-electron chi connectivity index (χ3n) is 6.02. The Bertz CT molecular complexity index is 779. The molecule has 29 heavy (non-hydrogen) atoms. The highest BCUT2D eigenvalue weighted by molar-refractivity contribution is 5.95. The van der Waals surface area contributed by atoms with Crippen LogP contribution < -0.4 is 4.90 Å². The topological polar surface area (TPSA) is 40.6 Å². The molecular formula is C25H32N2O2. The van der Waals surface area contributed by atoms with E-state index in [2.05, 4.69) is 12.1 Å². The first-order chi connectivity index (χ1) is 14.1. The lowest BCUT2D eigenvalue weighted by molar-refractivity contribution is -0.137. The van der Waals surface area contributed by atoms with Gasteiger partial charge in [-0.3, -0.25) is 9.59 Å². The second-order valence-corrected chi connectivity index (χ2v) is 7.80. The summed E-state index contributed by atoms with van der Waals surface area (Å²) in [5.74, 6) is 0.483. The number of rotatable bonds is 7. The minimum absolute atomic E-state index is 0.0142. The van der Waals surface area contributed by atoms with Crippen LogP contribution in [0, 0.1) is 11.8 Å². The van der Waals surface area contributed by atoms with Crippen LogP contribution in [-0.2, 0) is 16.1 Å². The number of benzene rings is 2. The number of anilines is 1. The highest BCUT2D eigenvalue weighted by Gasteiger charge is 2.33. The summed E-state index contributed by atoms with van der Waals surface area (Å²) in [5, 5.41) is 0. The molecule has 2 amide bonds. The van der Waals surface area contributed by atoms with Crippen LogP contribution in [0.5, 0.6) is 0 Å². The van der Waals surface area contributed by atoms with Crippen molar-refractivity contribution >= 4 is 17.5 Å². The molecule has 1 fully saturated rings. The third-order valence-corrected chi connectivity index (χ3v) is 6.02. The van der Waals surface area contributed by atoms with Crippen LogP contribution in [0.25, 0.3) is 0 Å². The Kier molecular flexibility index (Phi) is 7.45. The van der Waals surface area contributed by atoms with Crippen molar-refractivity contribution in [1.82, 2.24) is 4.90 Å². The minimum atomic E-state index is -0.0142. The molecule has 4 heteroatoms. The SMILES string of the molecule is CCN(CC)C(=O)C1CCC(C(=O)N(Cc2ccccc2)c2ccccc2)CC1. The van der Waals surface area contributed by atoms with E-state index in [9.17, 15) is 9.59 Å². The fourth-order valence-electron chi connectivity index (χ4n) is 4.27. The fourth-order valence-corrected chi connectivity index (χ4v) is 4.27. The molecule has 1 aliphatic rings. The lowest BCUT2D eigenvalue weighted by atomic mass is 9.80. The number of nitrogens with zero attached hydrogens (tertiary/aromatic N) is 2. The van der Waals surface area contributed by atoms with Gasteiger partial charge in [0.1, 0.15) is 0 Å². The quantitative estimate of drug-likeness (QED) is 0.673. The van der Waals surface area contributed by atoms with Crippen molar-refractivity contribution in [2.24, 2.45) is 11.8 Å². The molecule has 0 spiro atoms. The van der Waals surface area contributed by atoms with Crippen LogP contribution in [0.15, 0.2) is 60.7 Å². The maximum absolute atomic E-state index is 13.5. The van der Waals surface area contributed by atoms with Crippen LogP contribution in [0.1, 0.15) is 45.1 Å². The van der Waals surface area contributed by atoms with Gasteiger partial charge in [0, 0.05) is 30.6 Å². The first kappa shape index (κ1) is 21.1. The largest absolute Gasteiger partial charge is 0.343 e. The molecule has 0 unspecified atom stereocenters. The molecule has 1 saturated carbocycles. The van der Waals surface area contributed by atoms with Gasteiger partial charge in [-0.15, -0.1) is 0 Å². The Morgan fingerprint density at radius 3 is 1.76 bits per heavy atom. The molecule has 0 radical (unpaired) electrons. The summed E-state index contributed by atoms with van der Waals surface area (Å²) in [6.45, 7) is 6.14. The van der Waals surface area contributed by atoms with E-state index in [1.54, 1.807) is 0 Å². The molecule has 4 nitrogen and oxygen atoms in total. The molecule has 0 saturated heterocycles. The molecule has 0 heterocycles. The number of hydrogen-bond acceptors (Lipinski definition) is 2. The zero-order chi connectivity index (χ0) is 20.6. The van der Waals surface area contributed by atoms with Gasteiger partial charge in [-0.1, -0.05) is 48.5 Å². The van der Waals surface area contributed by atoms with Crippen molar-refractivity contribution in [2.75, 3.05) is 18.0 Å². The van der Waals surface area contributed by atoms with E-state index in [4.69, 9.17) is 0 Å². The van der Waals surface area contributed by atoms with E-state index < -0.39 is 0 Å². The molecular weight excluding hydrogens is 360 g/mol. The standard InChI is InChI=1S/C25H32N2O2/c1-3-26(4-2)24(28)21-15-17-22(18-16-21)25(29)27(23-13-9-6-10-14-23)19-20-11-7-5-8-12-20/h5-14,21-22H,3-4,15-19H2,1-2H3. The van der Waals surface area contributed by atoms with E-state index in [-0.39, 0.29) is 23.7 Å². The van der Waals surface area contributed by atoms with E-state index >= 15 is 0 Å². The molecule has 1 aliphatic carbocycles. The Labute approximate surface area is 174 Å². The number of carbonyl (C=O) groups excluding carboxylic acids is 2. The molecule has 0 atom stereocenters. The second kappa shape index (κ2) is 10.2. The van der Waals surface area contributed by atoms with Gasteiger partial charge in [-0.05, 0) is 57.2 Å². The summed E-state index contributed by atoms with van der Waals surface area (Å²) < 4.78 is 0. The van der Waals surface area contributed by atoms with Gasteiger partial charge in [-0.2, -0.15) is 0 Å². The first-order valence-corrected chi connectivity index (χ1v) is 10.8. The maximum Gasteiger partial charge on any atom is 0.230 e. The summed E-state index contributed by atoms with van der Waals surface area (Å²) in [4.78, 5) is 29.9. The van der Waals surface area contributed by atoms with Gasteiger partial charge in [0.05, 0.1) is 6.54 Å². The Hall–Kier alpha value is -2.62. The average molecular weight is 393 g/mol. The Morgan fingerprint density at radius 1 is 0.759 bits per heavy atom. The summed E-state index contributed by atoms with van der Waals surface area (Å²) in [6.07, 6.45) is 3.18. The van der Waals surface area contributed by atoms with Crippen LogP contribution in [0.4, 0.5) is 5.69 Å². The predicted octanol–water partition coefficient (Wildman–Crippen LogP) is 4.89. The van der Waals surface area contributed by atoms with Crippen molar-refractivity contribution in [2.45, 2.75) is 46.1 Å². The zero-order valence-corrected chi connectivity index (χ0v) is 17.6. The number of amides is 2. The molecule has 154 valence electrons. The minimum Gasteiger partial charge on any atom is -0.343 e. The van der Waals surface area contributed by atoms with Gasteiger partial charge in [0.2, 0.25) is 11.8 Å². The van der Waals surface area contributed by atoms with Crippen LogP contribution in [0.2, 0.25) is 0 Å². The Morgan fingerprint density at radius 2 is 1.24 bits per heavy atom.